The molecule has 1 atom stereocenters. The van der Waals surface area contributed by atoms with Gasteiger partial charge in [-0.1, -0.05) is 32.8 Å². The van der Waals surface area contributed by atoms with E-state index in [1.807, 2.05) is 0 Å². The van der Waals surface area contributed by atoms with Crippen molar-refractivity contribution in [2.45, 2.75) is 52.1 Å². The standard InChI is InChI=1S/C15H29NO2/c1-3-5-7-14(15(17)6-4-2)8-9-16-10-12-18-13-11-16/h8,15,17H,3-7,9-13H2,1-2H3. The van der Waals surface area contributed by atoms with Crippen LogP contribution >= 0.6 is 0 Å². The maximum Gasteiger partial charge on any atom is 0.0750 e. The Hall–Kier alpha value is -0.380. The predicted octanol–water partition coefficient (Wildman–Crippen LogP) is 2.60. The van der Waals surface area contributed by atoms with E-state index in [4.69, 9.17) is 4.74 Å². The SMILES string of the molecule is CCCCC(=CCN1CCOCC1)C(O)CCC. The first-order valence-corrected chi connectivity index (χ1v) is 7.45. The van der Waals surface area contributed by atoms with E-state index in [0.717, 1.165) is 52.1 Å². The zero-order chi connectivity index (χ0) is 13.2. The molecule has 0 aromatic carbocycles. The number of hydrogen-bond acceptors (Lipinski definition) is 3. The fourth-order valence-corrected chi connectivity index (χ4v) is 2.27. The van der Waals surface area contributed by atoms with E-state index in [2.05, 4.69) is 24.8 Å². The highest BCUT2D eigenvalue weighted by molar-refractivity contribution is 5.09. The van der Waals surface area contributed by atoms with Gasteiger partial charge in [0, 0.05) is 19.6 Å². The van der Waals surface area contributed by atoms with Gasteiger partial charge in [-0.25, -0.2) is 0 Å². The van der Waals surface area contributed by atoms with E-state index in [-0.39, 0.29) is 6.10 Å². The minimum atomic E-state index is -0.234. The lowest BCUT2D eigenvalue weighted by atomic mass is 9.99. The highest BCUT2D eigenvalue weighted by Crippen LogP contribution is 2.16. The summed E-state index contributed by atoms with van der Waals surface area (Å²) in [6.45, 7) is 9.01. The van der Waals surface area contributed by atoms with Crippen LogP contribution < -0.4 is 0 Å². The molecule has 0 radical (unpaired) electrons. The van der Waals surface area contributed by atoms with Crippen LogP contribution in [0.5, 0.6) is 0 Å². The molecule has 1 N–H and O–H groups in total. The molecule has 1 saturated heterocycles. The molecule has 3 nitrogen and oxygen atoms in total. The van der Waals surface area contributed by atoms with Crippen molar-refractivity contribution in [3.05, 3.63) is 11.6 Å². The Kier molecular flexibility index (Phi) is 8.31. The maximum absolute atomic E-state index is 10.2. The first kappa shape index (κ1) is 15.7. The molecule has 0 aromatic heterocycles. The predicted molar refractivity (Wildman–Crippen MR) is 75.8 cm³/mol. The Morgan fingerprint density at radius 1 is 1.28 bits per heavy atom. The lowest BCUT2D eigenvalue weighted by molar-refractivity contribution is 0.0431. The number of morpholine rings is 1. The summed E-state index contributed by atoms with van der Waals surface area (Å²) in [6.07, 6.45) is 7.36. The Morgan fingerprint density at radius 2 is 2.00 bits per heavy atom. The topological polar surface area (TPSA) is 32.7 Å². The van der Waals surface area contributed by atoms with Crippen LogP contribution in [-0.2, 0) is 4.74 Å². The lowest BCUT2D eigenvalue weighted by Gasteiger charge is -2.26. The van der Waals surface area contributed by atoms with Crippen LogP contribution in [0, 0.1) is 0 Å². The summed E-state index contributed by atoms with van der Waals surface area (Å²) in [5, 5.41) is 10.2. The summed E-state index contributed by atoms with van der Waals surface area (Å²) in [7, 11) is 0. The summed E-state index contributed by atoms with van der Waals surface area (Å²) in [6, 6.07) is 0. The van der Waals surface area contributed by atoms with Crippen LogP contribution in [0.2, 0.25) is 0 Å². The van der Waals surface area contributed by atoms with Gasteiger partial charge < -0.3 is 9.84 Å². The second-order valence-corrected chi connectivity index (χ2v) is 5.10. The van der Waals surface area contributed by atoms with Crippen LogP contribution in [0.1, 0.15) is 46.0 Å². The number of ether oxygens (including phenoxy) is 1. The maximum atomic E-state index is 10.2. The van der Waals surface area contributed by atoms with Gasteiger partial charge in [0.15, 0.2) is 0 Å². The molecule has 1 unspecified atom stereocenters. The number of hydrogen-bond donors (Lipinski definition) is 1. The molecule has 0 aromatic rings. The summed E-state index contributed by atoms with van der Waals surface area (Å²) in [5.41, 5.74) is 1.24. The Balaban J connectivity index is 2.45. The van der Waals surface area contributed by atoms with E-state index >= 15 is 0 Å². The van der Waals surface area contributed by atoms with Crippen LogP contribution in [0.3, 0.4) is 0 Å². The Labute approximate surface area is 112 Å². The summed E-state index contributed by atoms with van der Waals surface area (Å²) in [5.74, 6) is 0. The largest absolute Gasteiger partial charge is 0.389 e. The molecule has 0 saturated carbocycles. The molecule has 0 aliphatic carbocycles. The van der Waals surface area contributed by atoms with Crippen LogP contribution in [0.25, 0.3) is 0 Å². The van der Waals surface area contributed by atoms with Crippen molar-refractivity contribution in [1.29, 1.82) is 0 Å². The molecule has 3 heteroatoms. The molecule has 18 heavy (non-hydrogen) atoms. The first-order valence-electron chi connectivity index (χ1n) is 7.45. The Bertz CT molecular complexity index is 235. The van der Waals surface area contributed by atoms with Gasteiger partial charge in [0.1, 0.15) is 0 Å². The monoisotopic (exact) mass is 255 g/mol. The average Bonchev–Trinajstić information content (AvgIpc) is 2.40. The van der Waals surface area contributed by atoms with Gasteiger partial charge in [-0.2, -0.15) is 0 Å². The molecule has 1 fully saturated rings. The molecular formula is C15H29NO2. The molecule has 106 valence electrons. The second-order valence-electron chi connectivity index (χ2n) is 5.10. The van der Waals surface area contributed by atoms with Crippen molar-refractivity contribution >= 4 is 0 Å². The van der Waals surface area contributed by atoms with Crippen molar-refractivity contribution in [2.24, 2.45) is 0 Å². The van der Waals surface area contributed by atoms with Crippen molar-refractivity contribution in [2.75, 3.05) is 32.8 Å². The van der Waals surface area contributed by atoms with Crippen LogP contribution in [0.15, 0.2) is 11.6 Å². The zero-order valence-electron chi connectivity index (χ0n) is 12.0. The van der Waals surface area contributed by atoms with Crippen LogP contribution in [0.4, 0.5) is 0 Å². The normalized spacial score (nSPS) is 20.1. The molecule has 1 aliphatic rings. The molecule has 1 rings (SSSR count). The molecule has 1 aliphatic heterocycles. The summed E-state index contributed by atoms with van der Waals surface area (Å²) in [4.78, 5) is 2.40. The number of aliphatic hydroxyl groups excluding tert-OH is 1. The third-order valence-corrected chi connectivity index (χ3v) is 3.52. The van der Waals surface area contributed by atoms with Crippen LogP contribution in [-0.4, -0.2) is 49.0 Å². The third kappa shape index (κ3) is 5.98. The molecule has 0 bridgehead atoms. The van der Waals surface area contributed by atoms with Gasteiger partial charge in [-0.15, -0.1) is 0 Å². The minimum Gasteiger partial charge on any atom is -0.389 e. The van der Waals surface area contributed by atoms with E-state index in [1.165, 1.54) is 18.4 Å². The van der Waals surface area contributed by atoms with Gasteiger partial charge in [0.05, 0.1) is 19.3 Å². The van der Waals surface area contributed by atoms with Crippen molar-refractivity contribution in [3.8, 4) is 0 Å². The molecule has 0 spiro atoms. The van der Waals surface area contributed by atoms with E-state index in [0.29, 0.717) is 0 Å². The summed E-state index contributed by atoms with van der Waals surface area (Å²) < 4.78 is 5.35. The summed E-state index contributed by atoms with van der Waals surface area (Å²) >= 11 is 0. The van der Waals surface area contributed by atoms with Gasteiger partial charge >= 0.3 is 0 Å². The lowest BCUT2D eigenvalue weighted by Crippen LogP contribution is -2.36. The zero-order valence-corrected chi connectivity index (χ0v) is 12.0. The van der Waals surface area contributed by atoms with Crippen molar-refractivity contribution in [1.82, 2.24) is 4.90 Å². The fraction of sp³-hybridized carbons (Fsp3) is 0.867. The molecule has 0 amide bonds. The molecule has 1 heterocycles. The average molecular weight is 255 g/mol. The van der Waals surface area contributed by atoms with Gasteiger partial charge in [0.25, 0.3) is 0 Å². The minimum absolute atomic E-state index is 0.234. The van der Waals surface area contributed by atoms with Crippen molar-refractivity contribution in [3.63, 3.8) is 0 Å². The number of nitrogens with zero attached hydrogens (tertiary/aromatic N) is 1. The van der Waals surface area contributed by atoms with E-state index in [1.54, 1.807) is 0 Å². The Morgan fingerprint density at radius 3 is 2.61 bits per heavy atom. The van der Waals surface area contributed by atoms with Gasteiger partial charge in [-0.05, 0) is 24.8 Å². The highest BCUT2D eigenvalue weighted by Gasteiger charge is 2.12. The second kappa shape index (κ2) is 9.54. The van der Waals surface area contributed by atoms with E-state index < -0.39 is 0 Å². The quantitative estimate of drug-likeness (QED) is 0.677. The van der Waals surface area contributed by atoms with E-state index in [9.17, 15) is 5.11 Å². The third-order valence-electron chi connectivity index (χ3n) is 3.52. The molecular weight excluding hydrogens is 226 g/mol. The number of rotatable bonds is 8. The number of aliphatic hydroxyl groups is 1. The van der Waals surface area contributed by atoms with Gasteiger partial charge in [-0.3, -0.25) is 4.90 Å². The fourth-order valence-electron chi connectivity index (χ4n) is 2.27. The first-order chi connectivity index (χ1) is 8.77. The highest BCUT2D eigenvalue weighted by atomic mass is 16.5. The smallest absolute Gasteiger partial charge is 0.0750 e. The number of unbranched alkanes of at least 4 members (excludes halogenated alkanes) is 1. The van der Waals surface area contributed by atoms with Gasteiger partial charge in [0.2, 0.25) is 0 Å². The van der Waals surface area contributed by atoms with Crippen molar-refractivity contribution < 1.29 is 9.84 Å².